The highest BCUT2D eigenvalue weighted by atomic mass is 35.5. The molecule has 0 N–H and O–H groups in total. The van der Waals surface area contributed by atoms with Crippen LogP contribution >= 0.6 is 11.6 Å². The second-order valence-electron chi connectivity index (χ2n) is 4.64. The number of hydrogen-bond donors (Lipinski definition) is 0. The fourth-order valence-electron chi connectivity index (χ4n) is 1.54. The zero-order chi connectivity index (χ0) is 11.6. The lowest BCUT2D eigenvalue weighted by molar-refractivity contribution is -0.115. The Morgan fingerprint density at radius 2 is 2.00 bits per heavy atom. The number of ether oxygens (including phenoxy) is 1. The van der Waals surface area contributed by atoms with E-state index in [1.165, 1.54) is 4.90 Å². The number of carbonyl (C=O) groups is 2. The molecule has 86 valence electrons. The molecule has 15 heavy (non-hydrogen) atoms. The van der Waals surface area contributed by atoms with Gasteiger partial charge in [0.05, 0.1) is 0 Å². The molecule has 1 amide bonds. The van der Waals surface area contributed by atoms with Crippen LogP contribution in [0.2, 0.25) is 0 Å². The van der Waals surface area contributed by atoms with Gasteiger partial charge in [-0.15, -0.1) is 0 Å². The molecular weight excluding hydrogens is 218 g/mol. The fourth-order valence-corrected chi connectivity index (χ4v) is 1.77. The van der Waals surface area contributed by atoms with Crippen molar-refractivity contribution < 1.29 is 14.3 Å². The van der Waals surface area contributed by atoms with Crippen LogP contribution in [0.25, 0.3) is 0 Å². The van der Waals surface area contributed by atoms with E-state index in [2.05, 4.69) is 0 Å². The number of rotatable bonds is 1. The molecular formula is C10H16ClNO3. The topological polar surface area (TPSA) is 46.6 Å². The minimum atomic E-state index is -0.542. The third-order valence-corrected chi connectivity index (χ3v) is 2.39. The average Bonchev–Trinajstić information content (AvgIpc) is 2.47. The van der Waals surface area contributed by atoms with Crippen LogP contribution in [0, 0.1) is 0 Å². The first-order chi connectivity index (χ1) is 6.81. The maximum atomic E-state index is 11.7. The van der Waals surface area contributed by atoms with E-state index < -0.39 is 23.0 Å². The summed E-state index contributed by atoms with van der Waals surface area (Å²) in [4.78, 5) is 24.1. The van der Waals surface area contributed by atoms with Gasteiger partial charge in [-0.1, -0.05) is 0 Å². The van der Waals surface area contributed by atoms with Crippen molar-refractivity contribution in [2.45, 2.75) is 45.3 Å². The van der Waals surface area contributed by atoms with Crippen molar-refractivity contribution in [3.63, 3.8) is 0 Å². The standard InChI is InChI=1S/C10H16ClNO3/c1-10(2,3)15-9(14)12-6-4-5-7(12)8(11)13/h7H,4-6H2,1-3H3/t7-/m1/s1. The second-order valence-corrected chi connectivity index (χ2v) is 5.01. The molecule has 1 fully saturated rings. The molecule has 1 aliphatic rings. The highest BCUT2D eigenvalue weighted by Gasteiger charge is 2.35. The highest BCUT2D eigenvalue weighted by Crippen LogP contribution is 2.22. The molecule has 0 aromatic rings. The summed E-state index contributed by atoms with van der Waals surface area (Å²) in [7, 11) is 0. The molecule has 0 bridgehead atoms. The lowest BCUT2D eigenvalue weighted by Gasteiger charge is -2.26. The van der Waals surface area contributed by atoms with Crippen LogP contribution in [-0.2, 0) is 9.53 Å². The van der Waals surface area contributed by atoms with E-state index >= 15 is 0 Å². The minimum Gasteiger partial charge on any atom is -0.444 e. The van der Waals surface area contributed by atoms with Crippen molar-refractivity contribution >= 4 is 22.9 Å². The van der Waals surface area contributed by atoms with Gasteiger partial charge in [0.2, 0.25) is 5.24 Å². The summed E-state index contributed by atoms with van der Waals surface area (Å²) >= 11 is 5.41. The first kappa shape index (κ1) is 12.3. The Kier molecular flexibility index (Phi) is 3.60. The van der Waals surface area contributed by atoms with Crippen LogP contribution in [0.5, 0.6) is 0 Å². The zero-order valence-electron chi connectivity index (χ0n) is 9.25. The van der Waals surface area contributed by atoms with Crippen LogP contribution in [-0.4, -0.2) is 34.4 Å². The van der Waals surface area contributed by atoms with Crippen LogP contribution in [0.4, 0.5) is 4.79 Å². The lowest BCUT2D eigenvalue weighted by atomic mass is 10.2. The van der Waals surface area contributed by atoms with Gasteiger partial charge in [0, 0.05) is 6.54 Å². The molecule has 1 aliphatic heterocycles. The van der Waals surface area contributed by atoms with E-state index in [9.17, 15) is 9.59 Å². The Hall–Kier alpha value is -0.770. The molecule has 1 saturated heterocycles. The molecule has 5 heteroatoms. The van der Waals surface area contributed by atoms with Gasteiger partial charge in [-0.25, -0.2) is 4.79 Å². The molecule has 0 unspecified atom stereocenters. The number of hydrogen-bond acceptors (Lipinski definition) is 3. The molecule has 0 aliphatic carbocycles. The van der Waals surface area contributed by atoms with Crippen LogP contribution < -0.4 is 0 Å². The van der Waals surface area contributed by atoms with Gasteiger partial charge in [-0.3, -0.25) is 9.69 Å². The molecule has 1 heterocycles. The smallest absolute Gasteiger partial charge is 0.410 e. The molecule has 0 aromatic carbocycles. The first-order valence-electron chi connectivity index (χ1n) is 5.00. The van der Waals surface area contributed by atoms with Crippen LogP contribution in [0.3, 0.4) is 0 Å². The van der Waals surface area contributed by atoms with Gasteiger partial charge in [-0.2, -0.15) is 0 Å². The lowest BCUT2D eigenvalue weighted by Crippen LogP contribution is -2.42. The summed E-state index contributed by atoms with van der Waals surface area (Å²) in [5.74, 6) is 0. The quantitative estimate of drug-likeness (QED) is 0.652. The van der Waals surface area contributed by atoms with Crippen LogP contribution in [0.15, 0.2) is 0 Å². The van der Waals surface area contributed by atoms with E-state index in [1.807, 2.05) is 0 Å². The van der Waals surface area contributed by atoms with E-state index in [4.69, 9.17) is 16.3 Å². The summed E-state index contributed by atoms with van der Waals surface area (Å²) in [5.41, 5.74) is -0.542. The van der Waals surface area contributed by atoms with E-state index in [-0.39, 0.29) is 0 Å². The predicted octanol–water partition coefficient (Wildman–Crippen LogP) is 2.15. The van der Waals surface area contributed by atoms with Crippen molar-refractivity contribution in [2.24, 2.45) is 0 Å². The van der Waals surface area contributed by atoms with Crippen molar-refractivity contribution in [1.82, 2.24) is 4.90 Å². The third-order valence-electron chi connectivity index (χ3n) is 2.14. The largest absolute Gasteiger partial charge is 0.444 e. The van der Waals surface area contributed by atoms with Crippen molar-refractivity contribution in [3.05, 3.63) is 0 Å². The third kappa shape index (κ3) is 3.38. The Balaban J connectivity index is 2.63. The molecule has 1 atom stereocenters. The van der Waals surface area contributed by atoms with E-state index in [0.717, 1.165) is 6.42 Å². The maximum Gasteiger partial charge on any atom is 0.410 e. The Labute approximate surface area is 94.5 Å². The molecule has 0 aromatic heterocycles. The second kappa shape index (κ2) is 4.39. The van der Waals surface area contributed by atoms with Crippen molar-refractivity contribution in [2.75, 3.05) is 6.54 Å². The number of halogens is 1. The highest BCUT2D eigenvalue weighted by molar-refractivity contribution is 6.64. The average molecular weight is 234 g/mol. The SMILES string of the molecule is CC(C)(C)OC(=O)N1CCC[C@@H]1C(=O)Cl. The van der Waals surface area contributed by atoms with Crippen molar-refractivity contribution in [1.29, 1.82) is 0 Å². The van der Waals surface area contributed by atoms with Gasteiger partial charge in [0.25, 0.3) is 0 Å². The Morgan fingerprint density at radius 3 is 2.47 bits per heavy atom. The van der Waals surface area contributed by atoms with Gasteiger partial charge in [0.15, 0.2) is 0 Å². The number of amides is 1. The monoisotopic (exact) mass is 233 g/mol. The summed E-state index contributed by atoms with van der Waals surface area (Å²) < 4.78 is 5.18. The number of likely N-dealkylation sites (tertiary alicyclic amines) is 1. The summed E-state index contributed by atoms with van der Waals surface area (Å²) in [6, 6.07) is -0.512. The minimum absolute atomic E-state index is 0.459. The molecule has 1 rings (SSSR count). The Bertz CT molecular complexity index is 272. The van der Waals surface area contributed by atoms with Gasteiger partial charge in [-0.05, 0) is 45.2 Å². The first-order valence-corrected chi connectivity index (χ1v) is 5.38. The maximum absolute atomic E-state index is 11.7. The normalized spacial score (nSPS) is 21.6. The fraction of sp³-hybridized carbons (Fsp3) is 0.800. The Morgan fingerprint density at radius 1 is 1.40 bits per heavy atom. The van der Waals surface area contributed by atoms with Gasteiger partial charge < -0.3 is 4.74 Å². The molecule has 0 spiro atoms. The molecule has 0 radical (unpaired) electrons. The molecule has 4 nitrogen and oxygen atoms in total. The van der Waals surface area contributed by atoms with Gasteiger partial charge >= 0.3 is 6.09 Å². The summed E-state index contributed by atoms with van der Waals surface area (Å²) in [6.45, 7) is 5.91. The number of nitrogens with zero attached hydrogens (tertiary/aromatic N) is 1. The van der Waals surface area contributed by atoms with Crippen molar-refractivity contribution in [3.8, 4) is 0 Å². The van der Waals surface area contributed by atoms with E-state index in [1.54, 1.807) is 20.8 Å². The number of carbonyl (C=O) groups excluding carboxylic acids is 2. The molecule has 0 saturated carbocycles. The van der Waals surface area contributed by atoms with Gasteiger partial charge in [0.1, 0.15) is 11.6 Å². The zero-order valence-corrected chi connectivity index (χ0v) is 10.0. The van der Waals surface area contributed by atoms with E-state index in [0.29, 0.717) is 13.0 Å². The predicted molar refractivity (Wildman–Crippen MR) is 56.8 cm³/mol. The summed E-state index contributed by atoms with van der Waals surface area (Å²) in [6.07, 6.45) is 0.961. The summed E-state index contributed by atoms with van der Waals surface area (Å²) in [5, 5.41) is -0.488. The van der Waals surface area contributed by atoms with Crippen LogP contribution in [0.1, 0.15) is 33.6 Å².